The van der Waals surface area contributed by atoms with Crippen LogP contribution in [0, 0.1) is 5.82 Å². The Morgan fingerprint density at radius 2 is 1.62 bits per heavy atom. The summed E-state index contributed by atoms with van der Waals surface area (Å²) in [5, 5.41) is 2.62. The molecule has 0 aliphatic heterocycles. The van der Waals surface area contributed by atoms with Crippen molar-refractivity contribution in [2.24, 2.45) is 0 Å². The lowest BCUT2D eigenvalue weighted by molar-refractivity contribution is -0.274. The van der Waals surface area contributed by atoms with Gasteiger partial charge in [-0.1, -0.05) is 60.7 Å². The van der Waals surface area contributed by atoms with Gasteiger partial charge in [0.15, 0.2) is 0 Å². The Morgan fingerprint density at radius 1 is 0.971 bits per heavy atom. The first-order chi connectivity index (χ1) is 16.3. The van der Waals surface area contributed by atoms with Gasteiger partial charge < -0.3 is 14.8 Å². The molecule has 0 atom stereocenters. The van der Waals surface area contributed by atoms with Crippen LogP contribution in [-0.4, -0.2) is 25.6 Å². The van der Waals surface area contributed by atoms with Crippen molar-refractivity contribution in [3.63, 3.8) is 0 Å². The van der Waals surface area contributed by atoms with Crippen molar-refractivity contribution in [1.29, 1.82) is 0 Å². The monoisotopic (exact) mass is 471 g/mol. The Labute approximate surface area is 193 Å². The smallest absolute Gasteiger partial charge is 0.449 e. The van der Waals surface area contributed by atoms with Crippen LogP contribution in [0.2, 0.25) is 0 Å². The molecule has 0 bridgehead atoms. The van der Waals surface area contributed by atoms with Crippen LogP contribution in [-0.2, 0) is 4.74 Å². The molecular weight excluding hydrogens is 450 g/mol. The van der Waals surface area contributed by atoms with Crippen molar-refractivity contribution in [2.75, 3.05) is 13.2 Å². The van der Waals surface area contributed by atoms with E-state index in [-0.39, 0.29) is 24.6 Å². The molecule has 0 spiro atoms. The second kappa shape index (κ2) is 9.99. The summed E-state index contributed by atoms with van der Waals surface area (Å²) in [5.41, 5.74) is 4.43. The fraction of sp³-hybridized carbons (Fsp3) is 0.192. The van der Waals surface area contributed by atoms with E-state index in [1.807, 2.05) is 48.5 Å². The first-order valence-corrected chi connectivity index (χ1v) is 10.6. The van der Waals surface area contributed by atoms with Crippen LogP contribution >= 0.6 is 0 Å². The van der Waals surface area contributed by atoms with Gasteiger partial charge in [-0.2, -0.15) is 0 Å². The van der Waals surface area contributed by atoms with Gasteiger partial charge in [0.05, 0.1) is 0 Å². The topological polar surface area (TPSA) is 47.6 Å². The molecule has 0 saturated heterocycles. The van der Waals surface area contributed by atoms with Crippen LogP contribution < -0.4 is 10.1 Å². The van der Waals surface area contributed by atoms with E-state index in [0.29, 0.717) is 6.42 Å². The largest absolute Gasteiger partial charge is 0.573 e. The number of amides is 1. The highest BCUT2D eigenvalue weighted by atomic mass is 19.4. The normalized spacial score (nSPS) is 12.9. The minimum atomic E-state index is -4.86. The van der Waals surface area contributed by atoms with Crippen molar-refractivity contribution in [3.05, 3.63) is 95.3 Å². The molecule has 0 fully saturated rings. The van der Waals surface area contributed by atoms with Crippen molar-refractivity contribution in [1.82, 2.24) is 5.32 Å². The second-order valence-electron chi connectivity index (χ2n) is 7.67. The van der Waals surface area contributed by atoms with Gasteiger partial charge in [-0.15, -0.1) is 13.2 Å². The SMILES string of the molecule is O=C(NCCC=Cc1cc(OC(F)(F)F)ccc1F)OCC1c2ccccc2-c2ccccc21. The third-order valence-electron chi connectivity index (χ3n) is 5.42. The molecule has 0 heterocycles. The average Bonchev–Trinajstić information content (AvgIpc) is 3.12. The Bertz CT molecular complexity index is 1160. The van der Waals surface area contributed by atoms with E-state index >= 15 is 0 Å². The summed E-state index contributed by atoms with van der Waals surface area (Å²) in [6.45, 7) is 0.403. The van der Waals surface area contributed by atoms with Crippen LogP contribution in [0.1, 0.15) is 29.0 Å². The van der Waals surface area contributed by atoms with Crippen LogP contribution in [0.4, 0.5) is 22.4 Å². The van der Waals surface area contributed by atoms with Crippen LogP contribution in [0.3, 0.4) is 0 Å². The summed E-state index contributed by atoms with van der Waals surface area (Å²) in [6, 6.07) is 18.8. The predicted molar refractivity (Wildman–Crippen MR) is 120 cm³/mol. The van der Waals surface area contributed by atoms with E-state index in [1.54, 1.807) is 6.08 Å². The maximum atomic E-state index is 13.8. The van der Waals surface area contributed by atoms with Crippen molar-refractivity contribution >= 4 is 12.2 Å². The fourth-order valence-electron chi connectivity index (χ4n) is 3.96. The van der Waals surface area contributed by atoms with Gasteiger partial charge >= 0.3 is 12.5 Å². The number of alkyl carbamates (subject to hydrolysis) is 1. The predicted octanol–water partition coefficient (Wildman–Crippen LogP) is 6.67. The van der Waals surface area contributed by atoms with Crippen LogP contribution in [0.15, 0.2) is 72.8 Å². The van der Waals surface area contributed by atoms with Crippen molar-refractivity contribution in [2.45, 2.75) is 18.7 Å². The van der Waals surface area contributed by atoms with E-state index in [2.05, 4.69) is 10.1 Å². The van der Waals surface area contributed by atoms with E-state index in [1.165, 1.54) is 6.08 Å². The Balaban J connectivity index is 1.27. The highest BCUT2D eigenvalue weighted by molar-refractivity contribution is 5.79. The highest BCUT2D eigenvalue weighted by Crippen LogP contribution is 2.44. The Kier molecular flexibility index (Phi) is 6.86. The molecule has 4 nitrogen and oxygen atoms in total. The average molecular weight is 471 g/mol. The lowest BCUT2D eigenvalue weighted by atomic mass is 9.98. The van der Waals surface area contributed by atoms with Crippen LogP contribution in [0.5, 0.6) is 5.75 Å². The zero-order valence-corrected chi connectivity index (χ0v) is 17.9. The van der Waals surface area contributed by atoms with E-state index in [0.717, 1.165) is 40.5 Å². The van der Waals surface area contributed by atoms with Gasteiger partial charge in [-0.25, -0.2) is 9.18 Å². The molecule has 0 aromatic heterocycles. The number of alkyl halides is 3. The first kappa shape index (κ1) is 23.4. The number of carbonyl (C=O) groups is 1. The maximum absolute atomic E-state index is 13.8. The summed E-state index contributed by atoms with van der Waals surface area (Å²) in [6.07, 6.45) is -2.24. The molecule has 1 N–H and O–H groups in total. The first-order valence-electron chi connectivity index (χ1n) is 10.6. The molecule has 3 aromatic carbocycles. The number of hydrogen-bond donors (Lipinski definition) is 1. The van der Waals surface area contributed by atoms with Crippen molar-refractivity contribution < 1.29 is 31.8 Å². The highest BCUT2D eigenvalue weighted by Gasteiger charge is 2.31. The number of ether oxygens (including phenoxy) is 2. The molecule has 4 rings (SSSR count). The zero-order chi connectivity index (χ0) is 24.1. The van der Waals surface area contributed by atoms with Gasteiger partial charge in [0.25, 0.3) is 0 Å². The number of fused-ring (bicyclic) bond motifs is 3. The van der Waals surface area contributed by atoms with Gasteiger partial charge in [-0.3, -0.25) is 0 Å². The van der Waals surface area contributed by atoms with E-state index in [9.17, 15) is 22.4 Å². The second-order valence-corrected chi connectivity index (χ2v) is 7.67. The quantitative estimate of drug-likeness (QED) is 0.309. The molecule has 3 aromatic rings. The zero-order valence-electron chi connectivity index (χ0n) is 17.9. The third kappa shape index (κ3) is 5.57. The lowest BCUT2D eigenvalue weighted by Crippen LogP contribution is -2.26. The molecule has 34 heavy (non-hydrogen) atoms. The van der Waals surface area contributed by atoms with Gasteiger partial charge in [0.2, 0.25) is 0 Å². The summed E-state index contributed by atoms with van der Waals surface area (Å²) in [5.74, 6) is -1.24. The summed E-state index contributed by atoms with van der Waals surface area (Å²) in [4.78, 5) is 12.1. The number of nitrogens with one attached hydrogen (secondary N) is 1. The van der Waals surface area contributed by atoms with Gasteiger partial charge in [0, 0.05) is 18.0 Å². The standard InChI is InChI=1S/C26H21F4NO3/c27-24-13-12-18(34-26(28,29)30)15-17(24)7-5-6-14-31-25(32)33-16-23-21-10-3-1-8-19(21)20-9-2-4-11-22(20)23/h1-5,7-13,15,23H,6,14,16H2,(H,31,32). The number of hydrogen-bond acceptors (Lipinski definition) is 3. The lowest BCUT2D eigenvalue weighted by Gasteiger charge is -2.14. The Hall–Kier alpha value is -3.81. The number of rotatable bonds is 7. The van der Waals surface area contributed by atoms with E-state index in [4.69, 9.17) is 4.74 Å². The molecular formula is C26H21F4NO3. The number of carbonyl (C=O) groups excluding carboxylic acids is 1. The summed E-state index contributed by atoms with van der Waals surface area (Å²) < 4.78 is 60.0. The summed E-state index contributed by atoms with van der Waals surface area (Å²) in [7, 11) is 0. The maximum Gasteiger partial charge on any atom is 0.573 e. The molecule has 1 aliphatic carbocycles. The minimum absolute atomic E-state index is 0.0489. The molecule has 8 heteroatoms. The molecule has 0 saturated carbocycles. The van der Waals surface area contributed by atoms with Crippen molar-refractivity contribution in [3.8, 4) is 16.9 Å². The third-order valence-corrected chi connectivity index (χ3v) is 5.42. The molecule has 0 unspecified atom stereocenters. The van der Waals surface area contributed by atoms with Gasteiger partial charge in [-0.05, 0) is 46.9 Å². The fourth-order valence-corrected chi connectivity index (χ4v) is 3.96. The Morgan fingerprint density at radius 3 is 2.26 bits per heavy atom. The molecule has 1 amide bonds. The van der Waals surface area contributed by atoms with E-state index < -0.39 is 24.0 Å². The summed E-state index contributed by atoms with van der Waals surface area (Å²) >= 11 is 0. The van der Waals surface area contributed by atoms with Gasteiger partial charge in [0.1, 0.15) is 18.2 Å². The number of halogens is 4. The molecule has 0 radical (unpaired) electrons. The van der Waals surface area contributed by atoms with Crippen LogP contribution in [0.25, 0.3) is 17.2 Å². The number of benzene rings is 3. The minimum Gasteiger partial charge on any atom is -0.449 e. The molecule has 1 aliphatic rings. The molecule has 176 valence electrons.